The second-order valence-electron chi connectivity index (χ2n) is 5.22. The minimum atomic E-state index is -0.279. The summed E-state index contributed by atoms with van der Waals surface area (Å²) in [4.78, 5) is 11.8. The number of nitrogens with zero attached hydrogens (tertiary/aromatic N) is 2. The van der Waals surface area contributed by atoms with Crippen LogP contribution in [0.1, 0.15) is 30.6 Å². The molecule has 2 rings (SSSR count). The largest absolute Gasteiger partial charge is 0.349 e. The molecular formula is C16H21FN4O. The summed E-state index contributed by atoms with van der Waals surface area (Å²) in [6.07, 6.45) is 2.17. The van der Waals surface area contributed by atoms with Crippen LogP contribution in [0.4, 0.5) is 4.39 Å². The molecule has 2 N–H and O–H groups in total. The van der Waals surface area contributed by atoms with E-state index in [2.05, 4.69) is 15.7 Å². The van der Waals surface area contributed by atoms with Crippen LogP contribution in [0.5, 0.6) is 0 Å². The van der Waals surface area contributed by atoms with Crippen molar-refractivity contribution in [3.05, 3.63) is 47.5 Å². The number of carbonyl (C=O) groups excluding carboxylic acids is 1. The van der Waals surface area contributed by atoms with Crippen molar-refractivity contribution in [1.82, 2.24) is 20.4 Å². The van der Waals surface area contributed by atoms with Gasteiger partial charge in [0.2, 0.25) is 5.91 Å². The lowest BCUT2D eigenvalue weighted by molar-refractivity contribution is -0.121. The van der Waals surface area contributed by atoms with Crippen LogP contribution in [0.2, 0.25) is 0 Å². The lowest BCUT2D eigenvalue weighted by Crippen LogP contribution is -2.29. The topological polar surface area (TPSA) is 59.0 Å². The standard InChI is InChI=1S/C16H21FN4O/c1-11(20-16(22)8-9-18-3)15-10-19-21(12(15)2)14-6-4-13(17)5-7-14/h4-7,10-11,18H,8-9H2,1-3H3,(H,20,22). The monoisotopic (exact) mass is 304 g/mol. The predicted molar refractivity (Wildman–Crippen MR) is 83.4 cm³/mol. The van der Waals surface area contributed by atoms with Crippen LogP contribution in [-0.4, -0.2) is 29.3 Å². The van der Waals surface area contributed by atoms with E-state index in [0.717, 1.165) is 16.9 Å². The second-order valence-corrected chi connectivity index (χ2v) is 5.22. The van der Waals surface area contributed by atoms with Gasteiger partial charge in [0.1, 0.15) is 5.82 Å². The molecule has 0 aliphatic carbocycles. The molecule has 0 fully saturated rings. The highest BCUT2D eigenvalue weighted by molar-refractivity contribution is 5.76. The molecule has 0 spiro atoms. The fourth-order valence-corrected chi connectivity index (χ4v) is 2.32. The van der Waals surface area contributed by atoms with Crippen molar-refractivity contribution in [3.63, 3.8) is 0 Å². The molecule has 1 unspecified atom stereocenters. The van der Waals surface area contributed by atoms with Crippen LogP contribution in [0, 0.1) is 12.7 Å². The maximum atomic E-state index is 13.0. The molecule has 1 amide bonds. The van der Waals surface area contributed by atoms with E-state index >= 15 is 0 Å². The third kappa shape index (κ3) is 3.71. The smallest absolute Gasteiger partial charge is 0.221 e. The Morgan fingerprint density at radius 3 is 2.68 bits per heavy atom. The van der Waals surface area contributed by atoms with E-state index in [9.17, 15) is 9.18 Å². The maximum absolute atomic E-state index is 13.0. The number of amides is 1. The van der Waals surface area contributed by atoms with Crippen LogP contribution >= 0.6 is 0 Å². The summed E-state index contributed by atoms with van der Waals surface area (Å²) in [6.45, 7) is 4.50. The van der Waals surface area contributed by atoms with E-state index in [1.54, 1.807) is 23.0 Å². The molecule has 0 saturated heterocycles. The molecule has 0 saturated carbocycles. The van der Waals surface area contributed by atoms with Gasteiger partial charge in [0.25, 0.3) is 0 Å². The van der Waals surface area contributed by atoms with Gasteiger partial charge < -0.3 is 10.6 Å². The molecular weight excluding hydrogens is 283 g/mol. The first-order valence-corrected chi connectivity index (χ1v) is 7.27. The van der Waals surface area contributed by atoms with Crippen LogP contribution in [0.3, 0.4) is 0 Å². The van der Waals surface area contributed by atoms with Crippen molar-refractivity contribution in [2.45, 2.75) is 26.3 Å². The highest BCUT2D eigenvalue weighted by atomic mass is 19.1. The van der Waals surface area contributed by atoms with Crippen LogP contribution < -0.4 is 10.6 Å². The fraction of sp³-hybridized carbons (Fsp3) is 0.375. The zero-order valence-electron chi connectivity index (χ0n) is 13.1. The van der Waals surface area contributed by atoms with Gasteiger partial charge in [-0.2, -0.15) is 5.10 Å². The molecule has 1 heterocycles. The number of carbonyl (C=O) groups is 1. The summed E-state index contributed by atoms with van der Waals surface area (Å²) < 4.78 is 14.7. The zero-order valence-corrected chi connectivity index (χ0v) is 13.1. The fourth-order valence-electron chi connectivity index (χ4n) is 2.32. The Morgan fingerprint density at radius 2 is 2.05 bits per heavy atom. The number of nitrogens with one attached hydrogen (secondary N) is 2. The number of rotatable bonds is 6. The van der Waals surface area contributed by atoms with E-state index in [-0.39, 0.29) is 17.8 Å². The van der Waals surface area contributed by atoms with Crippen molar-refractivity contribution >= 4 is 5.91 Å². The molecule has 0 aliphatic heterocycles. The number of benzene rings is 1. The Kier molecular flexibility index (Phi) is 5.27. The average Bonchev–Trinajstić information content (AvgIpc) is 2.88. The quantitative estimate of drug-likeness (QED) is 0.859. The van der Waals surface area contributed by atoms with Gasteiger partial charge in [-0.05, 0) is 45.2 Å². The zero-order chi connectivity index (χ0) is 16.1. The maximum Gasteiger partial charge on any atom is 0.221 e. The van der Waals surface area contributed by atoms with Crippen molar-refractivity contribution in [1.29, 1.82) is 0 Å². The molecule has 1 atom stereocenters. The summed E-state index contributed by atoms with van der Waals surface area (Å²) in [5, 5.41) is 10.2. The molecule has 0 radical (unpaired) electrons. The van der Waals surface area contributed by atoms with E-state index in [0.29, 0.717) is 13.0 Å². The van der Waals surface area contributed by atoms with E-state index in [4.69, 9.17) is 0 Å². The van der Waals surface area contributed by atoms with Gasteiger partial charge in [-0.15, -0.1) is 0 Å². The first-order valence-electron chi connectivity index (χ1n) is 7.27. The molecule has 2 aromatic rings. The third-order valence-corrected chi connectivity index (χ3v) is 3.57. The molecule has 1 aromatic heterocycles. The van der Waals surface area contributed by atoms with Crippen LogP contribution in [0.15, 0.2) is 30.5 Å². The summed E-state index contributed by atoms with van der Waals surface area (Å²) in [6, 6.07) is 6.03. The van der Waals surface area contributed by atoms with Crippen molar-refractivity contribution in [2.75, 3.05) is 13.6 Å². The predicted octanol–water partition coefficient (Wildman–Crippen LogP) is 2.11. The van der Waals surface area contributed by atoms with Crippen LogP contribution in [-0.2, 0) is 4.79 Å². The molecule has 1 aromatic carbocycles. The van der Waals surface area contributed by atoms with Crippen LogP contribution in [0.25, 0.3) is 5.69 Å². The normalized spacial score (nSPS) is 12.2. The highest BCUT2D eigenvalue weighted by Gasteiger charge is 2.16. The molecule has 118 valence electrons. The Morgan fingerprint density at radius 1 is 1.36 bits per heavy atom. The lowest BCUT2D eigenvalue weighted by Gasteiger charge is -2.14. The summed E-state index contributed by atoms with van der Waals surface area (Å²) in [5.41, 5.74) is 2.66. The average molecular weight is 304 g/mol. The van der Waals surface area contributed by atoms with Gasteiger partial charge in [0.05, 0.1) is 17.9 Å². The van der Waals surface area contributed by atoms with E-state index in [1.165, 1.54) is 12.1 Å². The number of halogens is 1. The first-order chi connectivity index (χ1) is 10.5. The Labute approximate surface area is 129 Å². The number of hydrogen-bond donors (Lipinski definition) is 2. The SMILES string of the molecule is CNCCC(=O)NC(C)c1cnn(-c2ccc(F)cc2)c1C. The summed E-state index contributed by atoms with van der Waals surface area (Å²) in [5.74, 6) is -0.283. The van der Waals surface area contributed by atoms with Crippen molar-refractivity contribution in [2.24, 2.45) is 0 Å². The van der Waals surface area contributed by atoms with E-state index in [1.807, 2.05) is 20.9 Å². The molecule has 5 nitrogen and oxygen atoms in total. The third-order valence-electron chi connectivity index (χ3n) is 3.57. The van der Waals surface area contributed by atoms with Crippen molar-refractivity contribution < 1.29 is 9.18 Å². The van der Waals surface area contributed by atoms with Gasteiger partial charge in [-0.1, -0.05) is 0 Å². The number of aromatic nitrogens is 2. The second kappa shape index (κ2) is 7.17. The van der Waals surface area contributed by atoms with Gasteiger partial charge in [-0.3, -0.25) is 4.79 Å². The van der Waals surface area contributed by atoms with Crippen molar-refractivity contribution in [3.8, 4) is 5.69 Å². The van der Waals surface area contributed by atoms with E-state index < -0.39 is 0 Å². The van der Waals surface area contributed by atoms with Gasteiger partial charge >= 0.3 is 0 Å². The summed E-state index contributed by atoms with van der Waals surface area (Å²) in [7, 11) is 1.81. The molecule has 6 heteroatoms. The first kappa shape index (κ1) is 16.2. The minimum Gasteiger partial charge on any atom is -0.349 e. The Hall–Kier alpha value is -2.21. The molecule has 0 bridgehead atoms. The Bertz CT molecular complexity index is 636. The highest BCUT2D eigenvalue weighted by Crippen LogP contribution is 2.20. The Balaban J connectivity index is 2.13. The summed E-state index contributed by atoms with van der Waals surface area (Å²) >= 11 is 0. The van der Waals surface area contributed by atoms with Gasteiger partial charge in [0.15, 0.2) is 0 Å². The number of hydrogen-bond acceptors (Lipinski definition) is 3. The van der Waals surface area contributed by atoms with Gasteiger partial charge in [0, 0.05) is 24.2 Å². The minimum absolute atomic E-state index is 0.00391. The lowest BCUT2D eigenvalue weighted by atomic mass is 10.1. The van der Waals surface area contributed by atoms with Gasteiger partial charge in [-0.25, -0.2) is 9.07 Å². The molecule has 22 heavy (non-hydrogen) atoms. The molecule has 0 aliphatic rings.